The highest BCUT2D eigenvalue weighted by Crippen LogP contribution is 2.30. The monoisotopic (exact) mass is 419 g/mol. The fraction of sp³-hybridized carbons (Fsp3) is 0.208. The maximum Gasteiger partial charge on any atom is 0.338 e. The molecule has 31 heavy (non-hydrogen) atoms. The van der Waals surface area contributed by atoms with Gasteiger partial charge in [0.2, 0.25) is 0 Å². The topological polar surface area (TPSA) is 89.5 Å². The lowest BCUT2D eigenvalue weighted by atomic mass is 10.1. The molecule has 3 aromatic rings. The van der Waals surface area contributed by atoms with E-state index in [2.05, 4.69) is 15.6 Å². The molecule has 0 aliphatic rings. The van der Waals surface area contributed by atoms with Gasteiger partial charge in [-0.1, -0.05) is 19.4 Å². The zero-order valence-electron chi connectivity index (χ0n) is 17.6. The number of nitrogens with one attached hydrogen (secondary N) is 2. The molecule has 7 heteroatoms. The Kier molecular flexibility index (Phi) is 7.59. The molecule has 0 saturated carbocycles. The van der Waals surface area contributed by atoms with Crippen molar-refractivity contribution < 1.29 is 19.1 Å². The lowest BCUT2D eigenvalue weighted by Crippen LogP contribution is -2.20. The van der Waals surface area contributed by atoms with Gasteiger partial charge < -0.3 is 20.1 Å². The first kappa shape index (κ1) is 21.8. The number of ether oxygens (including phenoxy) is 2. The van der Waals surface area contributed by atoms with Crippen LogP contribution in [0, 0.1) is 0 Å². The Morgan fingerprint density at radius 2 is 1.81 bits per heavy atom. The second-order valence-corrected chi connectivity index (χ2v) is 6.78. The minimum Gasteiger partial charge on any atom is -0.495 e. The fourth-order valence-electron chi connectivity index (χ4n) is 2.87. The van der Waals surface area contributed by atoms with Crippen molar-refractivity contribution in [2.75, 3.05) is 24.4 Å². The molecule has 0 fully saturated rings. The van der Waals surface area contributed by atoms with Gasteiger partial charge in [-0.05, 0) is 61.0 Å². The van der Waals surface area contributed by atoms with Gasteiger partial charge in [-0.15, -0.1) is 0 Å². The average molecular weight is 419 g/mol. The van der Waals surface area contributed by atoms with Gasteiger partial charge in [-0.2, -0.15) is 0 Å². The lowest BCUT2D eigenvalue weighted by molar-refractivity contribution is 0.0500. The summed E-state index contributed by atoms with van der Waals surface area (Å²) in [6.45, 7) is 2.43. The van der Waals surface area contributed by atoms with E-state index in [1.54, 1.807) is 42.6 Å². The number of esters is 1. The molecule has 7 nitrogen and oxygen atoms in total. The summed E-state index contributed by atoms with van der Waals surface area (Å²) >= 11 is 0. The van der Waals surface area contributed by atoms with E-state index in [1.807, 2.05) is 31.2 Å². The predicted molar refractivity (Wildman–Crippen MR) is 120 cm³/mol. The third-order valence-electron chi connectivity index (χ3n) is 4.52. The van der Waals surface area contributed by atoms with Crippen LogP contribution in [0.4, 0.5) is 16.2 Å². The van der Waals surface area contributed by atoms with Crippen molar-refractivity contribution >= 4 is 23.4 Å². The van der Waals surface area contributed by atoms with Crippen LogP contribution in [0.25, 0.3) is 11.3 Å². The second-order valence-electron chi connectivity index (χ2n) is 6.78. The van der Waals surface area contributed by atoms with Gasteiger partial charge in [0.25, 0.3) is 0 Å². The standard InChI is InChI=1S/C24H25N3O4/c1-3-4-15-31-23(28)17-8-11-19(12-9-17)26-24(29)27-21-16-18(10-13-22(21)30-2)20-7-5-6-14-25-20/h5-14,16H,3-4,15H2,1-2H3,(H2,26,27,29). The molecule has 0 saturated heterocycles. The number of hydrogen-bond acceptors (Lipinski definition) is 5. The Labute approximate surface area is 181 Å². The summed E-state index contributed by atoms with van der Waals surface area (Å²) < 4.78 is 10.5. The summed E-state index contributed by atoms with van der Waals surface area (Å²) in [5.41, 5.74) is 3.13. The van der Waals surface area contributed by atoms with Crippen LogP contribution in [-0.4, -0.2) is 30.7 Å². The summed E-state index contributed by atoms with van der Waals surface area (Å²) in [6.07, 6.45) is 3.50. The third-order valence-corrected chi connectivity index (χ3v) is 4.52. The highest BCUT2D eigenvalue weighted by atomic mass is 16.5. The van der Waals surface area contributed by atoms with E-state index in [0.717, 1.165) is 24.1 Å². The molecule has 1 aromatic heterocycles. The molecule has 2 aromatic carbocycles. The smallest absolute Gasteiger partial charge is 0.338 e. The number of aromatic nitrogens is 1. The number of hydrogen-bond donors (Lipinski definition) is 2. The van der Waals surface area contributed by atoms with Crippen molar-refractivity contribution in [3.63, 3.8) is 0 Å². The molecule has 160 valence electrons. The minimum atomic E-state index is -0.435. The maximum atomic E-state index is 12.5. The van der Waals surface area contributed by atoms with Crippen molar-refractivity contribution in [2.24, 2.45) is 0 Å². The van der Waals surface area contributed by atoms with Gasteiger partial charge in [-0.3, -0.25) is 4.98 Å². The molecule has 0 radical (unpaired) electrons. The van der Waals surface area contributed by atoms with Crippen LogP contribution >= 0.6 is 0 Å². The number of pyridine rings is 1. The summed E-state index contributed by atoms with van der Waals surface area (Å²) in [5, 5.41) is 5.54. The molecule has 0 atom stereocenters. The number of rotatable bonds is 8. The summed E-state index contributed by atoms with van der Waals surface area (Å²) in [4.78, 5) is 28.8. The van der Waals surface area contributed by atoms with Gasteiger partial charge >= 0.3 is 12.0 Å². The van der Waals surface area contributed by atoms with Crippen molar-refractivity contribution in [3.8, 4) is 17.0 Å². The van der Waals surface area contributed by atoms with E-state index in [-0.39, 0.29) is 5.97 Å². The third kappa shape index (κ3) is 6.05. The van der Waals surface area contributed by atoms with Gasteiger partial charge in [0.05, 0.1) is 30.7 Å². The summed E-state index contributed by atoms with van der Waals surface area (Å²) in [5.74, 6) is 0.153. The Morgan fingerprint density at radius 1 is 1.00 bits per heavy atom. The highest BCUT2D eigenvalue weighted by Gasteiger charge is 2.11. The SMILES string of the molecule is CCCCOC(=O)c1ccc(NC(=O)Nc2cc(-c3ccccn3)ccc2OC)cc1. The van der Waals surface area contributed by atoms with E-state index >= 15 is 0 Å². The van der Waals surface area contributed by atoms with Crippen molar-refractivity contribution in [2.45, 2.75) is 19.8 Å². The van der Waals surface area contributed by atoms with Crippen LogP contribution in [0.3, 0.4) is 0 Å². The first-order valence-corrected chi connectivity index (χ1v) is 10.1. The number of unbranched alkanes of at least 4 members (excludes halogenated alkanes) is 1. The molecule has 0 aliphatic heterocycles. The number of urea groups is 1. The maximum absolute atomic E-state index is 12.5. The molecule has 0 spiro atoms. The zero-order valence-corrected chi connectivity index (χ0v) is 17.6. The quantitative estimate of drug-likeness (QED) is 0.379. The average Bonchev–Trinajstić information content (AvgIpc) is 2.80. The van der Waals surface area contributed by atoms with Gasteiger partial charge in [0.1, 0.15) is 5.75 Å². The zero-order chi connectivity index (χ0) is 22.1. The van der Waals surface area contributed by atoms with E-state index in [9.17, 15) is 9.59 Å². The number of amides is 2. The lowest BCUT2D eigenvalue weighted by Gasteiger charge is -2.13. The largest absolute Gasteiger partial charge is 0.495 e. The van der Waals surface area contributed by atoms with E-state index in [1.165, 1.54) is 7.11 Å². The minimum absolute atomic E-state index is 0.375. The Balaban J connectivity index is 1.66. The van der Waals surface area contributed by atoms with Crippen LogP contribution < -0.4 is 15.4 Å². The van der Waals surface area contributed by atoms with Crippen LogP contribution in [-0.2, 0) is 4.74 Å². The summed E-state index contributed by atoms with van der Waals surface area (Å²) in [6, 6.07) is 17.2. The predicted octanol–water partition coefficient (Wildman–Crippen LogP) is 5.36. The van der Waals surface area contributed by atoms with E-state index in [0.29, 0.717) is 29.3 Å². The number of carbonyl (C=O) groups excluding carboxylic acids is 2. The van der Waals surface area contributed by atoms with Gasteiger partial charge in [0, 0.05) is 17.4 Å². The van der Waals surface area contributed by atoms with E-state index < -0.39 is 6.03 Å². The highest BCUT2D eigenvalue weighted by molar-refractivity contribution is 6.01. The number of methoxy groups -OCH3 is 1. The first-order valence-electron chi connectivity index (χ1n) is 10.1. The first-order chi connectivity index (χ1) is 15.1. The van der Waals surface area contributed by atoms with Crippen LogP contribution in [0.15, 0.2) is 66.9 Å². The molecule has 0 aliphatic carbocycles. The molecule has 2 N–H and O–H groups in total. The number of anilines is 2. The summed E-state index contributed by atoms with van der Waals surface area (Å²) in [7, 11) is 1.54. The van der Waals surface area contributed by atoms with Gasteiger partial charge in [-0.25, -0.2) is 9.59 Å². The van der Waals surface area contributed by atoms with Gasteiger partial charge in [0.15, 0.2) is 0 Å². The second kappa shape index (κ2) is 10.8. The molecule has 3 rings (SSSR count). The van der Waals surface area contributed by atoms with Crippen LogP contribution in [0.2, 0.25) is 0 Å². The van der Waals surface area contributed by atoms with Crippen LogP contribution in [0.1, 0.15) is 30.1 Å². The molecule has 0 unspecified atom stereocenters. The Morgan fingerprint density at radius 3 is 2.48 bits per heavy atom. The number of nitrogens with zero attached hydrogens (tertiary/aromatic N) is 1. The molecule has 1 heterocycles. The van der Waals surface area contributed by atoms with Crippen LogP contribution in [0.5, 0.6) is 5.75 Å². The molecule has 2 amide bonds. The normalized spacial score (nSPS) is 10.3. The Hall–Kier alpha value is -3.87. The number of carbonyl (C=O) groups is 2. The molecular formula is C24H25N3O4. The van der Waals surface area contributed by atoms with Crippen molar-refractivity contribution in [1.29, 1.82) is 0 Å². The fourth-order valence-corrected chi connectivity index (χ4v) is 2.87. The van der Waals surface area contributed by atoms with Crippen molar-refractivity contribution in [1.82, 2.24) is 4.98 Å². The Bertz CT molecular complexity index is 1020. The molecular weight excluding hydrogens is 394 g/mol. The molecule has 0 bridgehead atoms. The van der Waals surface area contributed by atoms with Crippen molar-refractivity contribution in [3.05, 3.63) is 72.4 Å². The van der Waals surface area contributed by atoms with E-state index in [4.69, 9.17) is 9.47 Å². The number of benzene rings is 2.